The van der Waals surface area contributed by atoms with Crippen molar-refractivity contribution < 1.29 is 22.7 Å². The number of halogens is 3. The number of para-hydroxylation sites is 2. The summed E-state index contributed by atoms with van der Waals surface area (Å²) in [5.41, 5.74) is 0.129. The monoisotopic (exact) mass is 653 g/mol. The van der Waals surface area contributed by atoms with E-state index in [2.05, 4.69) is 5.32 Å². The number of carbonyl (C=O) groups is 2. The highest BCUT2D eigenvalue weighted by molar-refractivity contribution is 7.92. The van der Waals surface area contributed by atoms with Crippen molar-refractivity contribution in [1.29, 1.82) is 0 Å². The van der Waals surface area contributed by atoms with Crippen molar-refractivity contribution in [3.63, 3.8) is 0 Å². The van der Waals surface area contributed by atoms with Gasteiger partial charge in [-0.05, 0) is 88.7 Å². The molecule has 0 fully saturated rings. The van der Waals surface area contributed by atoms with Crippen molar-refractivity contribution in [2.75, 3.05) is 17.5 Å². The lowest BCUT2D eigenvalue weighted by molar-refractivity contribution is -0.140. The van der Waals surface area contributed by atoms with Crippen LogP contribution in [0, 0.1) is 0 Å². The number of rotatable bonds is 11. The molecule has 226 valence electrons. The normalized spacial score (nSPS) is 12.4. The van der Waals surface area contributed by atoms with Crippen molar-refractivity contribution in [1.82, 2.24) is 10.2 Å². The summed E-state index contributed by atoms with van der Waals surface area (Å²) in [4.78, 5) is 28.6. The first kappa shape index (κ1) is 33.5. The predicted octanol–water partition coefficient (Wildman–Crippen LogP) is 6.57. The molecule has 1 N–H and O–H groups in total. The summed E-state index contributed by atoms with van der Waals surface area (Å²) < 4.78 is 34.8. The molecule has 0 radical (unpaired) electrons. The standard InChI is InChI=1S/C30H34Cl3N3O5S/c1-6-41-27-10-8-7-9-26(27)36(42(39,40)24-15-13-22(31)14-16-24)19-28(37)35(20(2)29(38)34-30(3,4)5)18-21-11-12-23(32)17-25(21)33/h7-17,20H,6,18-19H2,1-5H3,(H,34,38). The molecule has 3 aromatic rings. The topological polar surface area (TPSA) is 96.0 Å². The summed E-state index contributed by atoms with van der Waals surface area (Å²) in [6.07, 6.45) is 0. The fourth-order valence-electron chi connectivity index (χ4n) is 4.08. The molecule has 0 bridgehead atoms. The molecule has 0 saturated carbocycles. The van der Waals surface area contributed by atoms with E-state index in [9.17, 15) is 18.0 Å². The highest BCUT2D eigenvalue weighted by atomic mass is 35.5. The van der Waals surface area contributed by atoms with E-state index >= 15 is 0 Å². The van der Waals surface area contributed by atoms with Gasteiger partial charge in [-0.15, -0.1) is 0 Å². The van der Waals surface area contributed by atoms with Gasteiger partial charge >= 0.3 is 0 Å². The third-order valence-corrected chi connectivity index (χ3v) is 8.75. The van der Waals surface area contributed by atoms with Gasteiger partial charge in [0.15, 0.2) is 0 Å². The Morgan fingerprint density at radius 2 is 1.57 bits per heavy atom. The van der Waals surface area contributed by atoms with Crippen molar-refractivity contribution in [2.24, 2.45) is 0 Å². The van der Waals surface area contributed by atoms with Crippen LogP contribution in [0.25, 0.3) is 0 Å². The number of hydrogen-bond acceptors (Lipinski definition) is 5. The maximum Gasteiger partial charge on any atom is 0.264 e. The van der Waals surface area contributed by atoms with Crippen LogP contribution >= 0.6 is 34.8 Å². The van der Waals surface area contributed by atoms with Crippen molar-refractivity contribution in [2.45, 2.75) is 57.6 Å². The molecule has 3 aromatic carbocycles. The molecule has 2 amide bonds. The molecule has 8 nitrogen and oxygen atoms in total. The maximum absolute atomic E-state index is 14.1. The largest absolute Gasteiger partial charge is 0.492 e. The third-order valence-electron chi connectivity index (χ3n) is 6.14. The lowest BCUT2D eigenvalue weighted by Crippen LogP contribution is -2.54. The van der Waals surface area contributed by atoms with Crippen LogP contribution in [-0.2, 0) is 26.2 Å². The SMILES string of the molecule is CCOc1ccccc1N(CC(=O)N(Cc1ccc(Cl)cc1Cl)C(C)C(=O)NC(C)(C)C)S(=O)(=O)c1ccc(Cl)cc1. The molecule has 3 rings (SSSR count). The number of carbonyl (C=O) groups excluding carboxylic acids is 2. The number of nitrogens with one attached hydrogen (secondary N) is 1. The van der Waals surface area contributed by atoms with E-state index in [0.29, 0.717) is 20.6 Å². The van der Waals surface area contributed by atoms with Gasteiger partial charge < -0.3 is 15.0 Å². The Bertz CT molecular complexity index is 1530. The van der Waals surface area contributed by atoms with Gasteiger partial charge in [0.1, 0.15) is 18.3 Å². The Morgan fingerprint density at radius 3 is 2.17 bits per heavy atom. The molecule has 0 aliphatic heterocycles. The predicted molar refractivity (Wildman–Crippen MR) is 168 cm³/mol. The zero-order chi connectivity index (χ0) is 31.2. The van der Waals surface area contributed by atoms with E-state index in [-0.39, 0.29) is 29.5 Å². The van der Waals surface area contributed by atoms with E-state index in [1.165, 1.54) is 35.2 Å². The van der Waals surface area contributed by atoms with Crippen LogP contribution in [0.3, 0.4) is 0 Å². The smallest absolute Gasteiger partial charge is 0.264 e. The number of sulfonamides is 1. The first-order valence-corrected chi connectivity index (χ1v) is 15.8. The minimum absolute atomic E-state index is 0.0724. The van der Waals surface area contributed by atoms with E-state index < -0.39 is 40.0 Å². The van der Waals surface area contributed by atoms with Crippen LogP contribution in [0.15, 0.2) is 71.6 Å². The van der Waals surface area contributed by atoms with E-state index in [1.54, 1.807) is 50.2 Å². The summed E-state index contributed by atoms with van der Waals surface area (Å²) in [6, 6.07) is 16.0. The summed E-state index contributed by atoms with van der Waals surface area (Å²) in [6.45, 7) is 8.39. The van der Waals surface area contributed by atoms with Crippen LogP contribution in [0.5, 0.6) is 5.75 Å². The summed E-state index contributed by atoms with van der Waals surface area (Å²) in [7, 11) is -4.30. The molecule has 0 saturated heterocycles. The number of hydrogen-bond donors (Lipinski definition) is 1. The minimum atomic E-state index is -4.30. The van der Waals surface area contributed by atoms with Gasteiger partial charge in [-0.1, -0.05) is 53.0 Å². The van der Waals surface area contributed by atoms with Crippen LogP contribution in [0.4, 0.5) is 5.69 Å². The number of anilines is 1. The molecule has 1 unspecified atom stereocenters. The second-order valence-corrected chi connectivity index (χ2v) is 13.7. The summed E-state index contributed by atoms with van der Waals surface area (Å²) in [5, 5.41) is 3.95. The second-order valence-electron chi connectivity index (χ2n) is 10.5. The van der Waals surface area contributed by atoms with Crippen LogP contribution in [0.2, 0.25) is 15.1 Å². The molecular weight excluding hydrogens is 621 g/mol. The van der Waals surface area contributed by atoms with E-state index in [1.807, 2.05) is 20.8 Å². The molecule has 0 spiro atoms. The fraction of sp³-hybridized carbons (Fsp3) is 0.333. The third kappa shape index (κ3) is 8.53. The Labute approximate surface area is 262 Å². The highest BCUT2D eigenvalue weighted by Crippen LogP contribution is 2.33. The highest BCUT2D eigenvalue weighted by Gasteiger charge is 2.34. The van der Waals surface area contributed by atoms with Gasteiger partial charge in [0, 0.05) is 27.2 Å². The molecule has 0 aliphatic carbocycles. The molecule has 0 aromatic heterocycles. The average molecular weight is 655 g/mol. The average Bonchev–Trinajstić information content (AvgIpc) is 2.90. The molecule has 12 heteroatoms. The van der Waals surface area contributed by atoms with Gasteiger partial charge in [-0.25, -0.2) is 8.42 Å². The first-order chi connectivity index (χ1) is 19.6. The Morgan fingerprint density at radius 1 is 0.952 bits per heavy atom. The molecule has 1 atom stereocenters. The Hall–Kier alpha value is -2.98. The summed E-state index contributed by atoms with van der Waals surface area (Å²) >= 11 is 18.5. The van der Waals surface area contributed by atoms with Gasteiger partial charge in [-0.3, -0.25) is 13.9 Å². The quantitative estimate of drug-likeness (QED) is 0.252. The van der Waals surface area contributed by atoms with E-state index in [0.717, 1.165) is 4.31 Å². The van der Waals surface area contributed by atoms with Crippen LogP contribution < -0.4 is 14.4 Å². The number of nitrogens with zero attached hydrogens (tertiary/aromatic N) is 2. The number of benzene rings is 3. The fourth-order valence-corrected chi connectivity index (χ4v) is 6.10. The van der Waals surface area contributed by atoms with E-state index in [4.69, 9.17) is 39.5 Å². The Kier molecular flexibility index (Phi) is 11.2. The molecular formula is C30H34Cl3N3O5S. The van der Waals surface area contributed by atoms with Gasteiger partial charge in [0.2, 0.25) is 11.8 Å². The lowest BCUT2D eigenvalue weighted by Gasteiger charge is -2.34. The minimum Gasteiger partial charge on any atom is -0.492 e. The number of ether oxygens (including phenoxy) is 1. The molecule has 42 heavy (non-hydrogen) atoms. The maximum atomic E-state index is 14.1. The van der Waals surface area contributed by atoms with Crippen molar-refractivity contribution in [3.05, 3.63) is 87.4 Å². The van der Waals surface area contributed by atoms with Crippen molar-refractivity contribution in [3.8, 4) is 5.75 Å². The van der Waals surface area contributed by atoms with Crippen LogP contribution in [-0.4, -0.2) is 49.9 Å². The van der Waals surface area contributed by atoms with Crippen molar-refractivity contribution >= 4 is 62.3 Å². The summed E-state index contributed by atoms with van der Waals surface area (Å²) in [5.74, 6) is -0.777. The first-order valence-electron chi connectivity index (χ1n) is 13.2. The zero-order valence-corrected chi connectivity index (χ0v) is 27.1. The lowest BCUT2D eigenvalue weighted by atomic mass is 10.1. The zero-order valence-electron chi connectivity index (χ0n) is 24.0. The van der Waals surface area contributed by atoms with Gasteiger partial charge in [0.25, 0.3) is 10.0 Å². The number of amides is 2. The van der Waals surface area contributed by atoms with Crippen LogP contribution in [0.1, 0.15) is 40.2 Å². The second kappa shape index (κ2) is 14.0. The van der Waals surface area contributed by atoms with Gasteiger partial charge in [0.05, 0.1) is 17.2 Å². The van der Waals surface area contributed by atoms with Gasteiger partial charge in [-0.2, -0.15) is 0 Å². The molecule has 0 heterocycles. The molecule has 0 aliphatic rings. The Balaban J connectivity index is 2.11.